The molecule has 0 saturated carbocycles. The van der Waals surface area contributed by atoms with Gasteiger partial charge in [0.15, 0.2) is 0 Å². The molecule has 0 N–H and O–H groups in total. The second-order valence-corrected chi connectivity index (χ2v) is 3.32. The molecule has 0 unspecified atom stereocenters. The number of pyridine rings is 1. The molecule has 1 heterocycles. The van der Waals surface area contributed by atoms with Gasteiger partial charge in [-0.1, -0.05) is 6.07 Å². The van der Waals surface area contributed by atoms with E-state index in [2.05, 4.69) is 4.98 Å². The summed E-state index contributed by atoms with van der Waals surface area (Å²) in [6.07, 6.45) is -4.59. The van der Waals surface area contributed by atoms with Crippen molar-refractivity contribution in [2.75, 3.05) is 0 Å². The van der Waals surface area contributed by atoms with E-state index in [1.165, 1.54) is 6.20 Å². The van der Waals surface area contributed by atoms with Crippen LogP contribution in [0, 0.1) is 6.92 Å². The smallest absolute Gasteiger partial charge is 0.299 e. The lowest BCUT2D eigenvalue weighted by molar-refractivity contribution is -0.151. The molecule has 0 aromatic carbocycles. The van der Waals surface area contributed by atoms with Crippen molar-refractivity contribution in [3.05, 3.63) is 29.6 Å². The van der Waals surface area contributed by atoms with Gasteiger partial charge < -0.3 is 0 Å². The zero-order chi connectivity index (χ0) is 11.5. The zero-order valence-corrected chi connectivity index (χ0v) is 8.14. The molecular formula is C10H10F3NO. The van der Waals surface area contributed by atoms with E-state index in [0.29, 0.717) is 5.56 Å². The lowest BCUT2D eigenvalue weighted by atomic mass is 10.1. The number of alkyl halides is 3. The number of nitrogens with zero attached hydrogens (tertiary/aromatic N) is 1. The van der Waals surface area contributed by atoms with Crippen molar-refractivity contribution >= 4 is 5.78 Å². The van der Waals surface area contributed by atoms with Gasteiger partial charge in [0.1, 0.15) is 12.2 Å². The van der Waals surface area contributed by atoms with Crippen molar-refractivity contribution < 1.29 is 18.0 Å². The van der Waals surface area contributed by atoms with Gasteiger partial charge in [0.2, 0.25) is 0 Å². The molecule has 0 aliphatic rings. The highest BCUT2D eigenvalue weighted by atomic mass is 19.4. The third-order valence-corrected chi connectivity index (χ3v) is 1.77. The largest absolute Gasteiger partial charge is 0.395 e. The van der Waals surface area contributed by atoms with Crippen molar-refractivity contribution in [2.45, 2.75) is 25.9 Å². The molecule has 0 fully saturated rings. The van der Waals surface area contributed by atoms with Gasteiger partial charge in [-0.15, -0.1) is 0 Å². The average molecular weight is 217 g/mol. The van der Waals surface area contributed by atoms with Gasteiger partial charge in [0.05, 0.1) is 0 Å². The van der Waals surface area contributed by atoms with Crippen LogP contribution in [0.3, 0.4) is 0 Å². The highest BCUT2D eigenvalue weighted by Gasteiger charge is 2.30. The number of carbonyl (C=O) groups is 1. The monoisotopic (exact) mass is 217 g/mol. The molecule has 0 saturated heterocycles. The minimum Gasteiger partial charge on any atom is -0.299 e. The highest BCUT2D eigenvalue weighted by Crippen LogP contribution is 2.20. The molecule has 82 valence electrons. The second kappa shape index (κ2) is 4.42. The van der Waals surface area contributed by atoms with Gasteiger partial charge in [0, 0.05) is 18.3 Å². The quantitative estimate of drug-likeness (QED) is 0.778. The van der Waals surface area contributed by atoms with Crippen LogP contribution in [-0.4, -0.2) is 16.9 Å². The van der Waals surface area contributed by atoms with Gasteiger partial charge in [-0.3, -0.25) is 9.78 Å². The molecule has 1 aromatic rings. The Hall–Kier alpha value is -1.39. The van der Waals surface area contributed by atoms with Crippen LogP contribution >= 0.6 is 0 Å². The first-order valence-electron chi connectivity index (χ1n) is 4.37. The fourth-order valence-corrected chi connectivity index (χ4v) is 1.12. The summed E-state index contributed by atoms with van der Waals surface area (Å²) in [4.78, 5) is 14.9. The summed E-state index contributed by atoms with van der Waals surface area (Å²) >= 11 is 0. The Morgan fingerprint density at radius 3 is 2.53 bits per heavy atom. The molecule has 0 atom stereocenters. The lowest BCUT2D eigenvalue weighted by Gasteiger charge is -2.05. The molecule has 15 heavy (non-hydrogen) atoms. The van der Waals surface area contributed by atoms with Crippen LogP contribution in [0.1, 0.15) is 17.7 Å². The standard InChI is InChI=1S/C10H10F3NO/c1-7-2-3-8(6-14-7)4-9(15)5-10(11,12)13/h2-3,6H,4-5H2,1H3. The van der Waals surface area contributed by atoms with Crippen LogP contribution in [0.4, 0.5) is 13.2 Å². The van der Waals surface area contributed by atoms with E-state index < -0.39 is 18.4 Å². The number of hydrogen-bond donors (Lipinski definition) is 0. The summed E-state index contributed by atoms with van der Waals surface area (Å²) in [5.41, 5.74) is 1.27. The van der Waals surface area contributed by atoms with Crippen LogP contribution in [0.2, 0.25) is 0 Å². The Balaban J connectivity index is 2.55. The molecule has 2 nitrogen and oxygen atoms in total. The molecule has 5 heteroatoms. The van der Waals surface area contributed by atoms with Gasteiger partial charge >= 0.3 is 6.18 Å². The van der Waals surface area contributed by atoms with Crippen LogP contribution in [-0.2, 0) is 11.2 Å². The molecular weight excluding hydrogens is 207 g/mol. The van der Waals surface area contributed by atoms with Crippen molar-refractivity contribution in [1.29, 1.82) is 0 Å². The summed E-state index contributed by atoms with van der Waals surface area (Å²) in [6, 6.07) is 3.27. The number of aromatic nitrogens is 1. The predicted molar refractivity (Wildman–Crippen MR) is 48.4 cm³/mol. The number of Topliss-reactive ketones (excluding diaryl/α,β-unsaturated/α-hetero) is 1. The molecule has 0 amide bonds. The number of hydrogen-bond acceptors (Lipinski definition) is 2. The van der Waals surface area contributed by atoms with E-state index in [4.69, 9.17) is 0 Å². The molecule has 1 rings (SSSR count). The summed E-state index contributed by atoms with van der Waals surface area (Å²) in [5.74, 6) is -0.840. The maximum Gasteiger partial charge on any atom is 0.395 e. The maximum atomic E-state index is 11.8. The summed E-state index contributed by atoms with van der Waals surface area (Å²) in [7, 11) is 0. The van der Waals surface area contributed by atoms with E-state index in [9.17, 15) is 18.0 Å². The van der Waals surface area contributed by atoms with E-state index in [1.807, 2.05) is 0 Å². The van der Waals surface area contributed by atoms with Gasteiger partial charge in [-0.2, -0.15) is 13.2 Å². The average Bonchev–Trinajstić information content (AvgIpc) is 2.05. The number of carbonyl (C=O) groups excluding carboxylic acids is 1. The molecule has 0 radical (unpaired) electrons. The van der Waals surface area contributed by atoms with Crippen LogP contribution in [0.15, 0.2) is 18.3 Å². The number of halogens is 3. The number of aryl methyl sites for hydroxylation is 1. The Labute approximate surface area is 85.1 Å². The first-order chi connectivity index (χ1) is 6.87. The first-order valence-corrected chi connectivity index (χ1v) is 4.37. The minimum atomic E-state index is -4.42. The van der Waals surface area contributed by atoms with Crippen molar-refractivity contribution in [3.8, 4) is 0 Å². The first kappa shape index (κ1) is 11.7. The number of ketones is 1. The summed E-state index contributed by atoms with van der Waals surface area (Å²) < 4.78 is 35.5. The topological polar surface area (TPSA) is 30.0 Å². The maximum absolute atomic E-state index is 11.8. The van der Waals surface area contributed by atoms with Gasteiger partial charge in [0.25, 0.3) is 0 Å². The van der Waals surface area contributed by atoms with E-state index in [-0.39, 0.29) is 6.42 Å². The summed E-state index contributed by atoms with van der Waals surface area (Å²) in [6.45, 7) is 1.77. The lowest BCUT2D eigenvalue weighted by Crippen LogP contribution is -2.16. The Bertz CT molecular complexity index is 343. The SMILES string of the molecule is Cc1ccc(CC(=O)CC(F)(F)F)cn1. The van der Waals surface area contributed by atoms with Crippen molar-refractivity contribution in [1.82, 2.24) is 4.98 Å². The third-order valence-electron chi connectivity index (χ3n) is 1.77. The molecule has 1 aromatic heterocycles. The van der Waals surface area contributed by atoms with Crippen LogP contribution in [0.25, 0.3) is 0 Å². The fraction of sp³-hybridized carbons (Fsp3) is 0.400. The Morgan fingerprint density at radius 1 is 1.40 bits per heavy atom. The predicted octanol–water partition coefficient (Wildman–Crippen LogP) is 2.45. The van der Waals surface area contributed by atoms with Crippen LogP contribution < -0.4 is 0 Å². The second-order valence-electron chi connectivity index (χ2n) is 3.32. The fourth-order valence-electron chi connectivity index (χ4n) is 1.12. The Morgan fingerprint density at radius 2 is 2.07 bits per heavy atom. The Kier molecular flexibility index (Phi) is 3.44. The number of rotatable bonds is 3. The van der Waals surface area contributed by atoms with Gasteiger partial charge in [-0.25, -0.2) is 0 Å². The zero-order valence-electron chi connectivity index (χ0n) is 8.14. The van der Waals surface area contributed by atoms with Crippen molar-refractivity contribution in [3.63, 3.8) is 0 Å². The van der Waals surface area contributed by atoms with E-state index in [1.54, 1.807) is 19.1 Å². The third kappa shape index (κ3) is 4.58. The molecule has 0 aliphatic heterocycles. The summed E-state index contributed by atoms with van der Waals surface area (Å²) in [5, 5.41) is 0. The molecule has 0 bridgehead atoms. The van der Waals surface area contributed by atoms with Gasteiger partial charge in [-0.05, 0) is 18.6 Å². The van der Waals surface area contributed by atoms with Crippen LogP contribution in [0.5, 0.6) is 0 Å². The van der Waals surface area contributed by atoms with E-state index >= 15 is 0 Å². The molecule has 0 aliphatic carbocycles. The minimum absolute atomic E-state index is 0.215. The highest BCUT2D eigenvalue weighted by molar-refractivity contribution is 5.81. The van der Waals surface area contributed by atoms with Crippen molar-refractivity contribution in [2.24, 2.45) is 0 Å². The molecule has 0 spiro atoms. The van der Waals surface area contributed by atoms with E-state index in [0.717, 1.165) is 5.69 Å². The normalized spacial score (nSPS) is 11.5.